The van der Waals surface area contributed by atoms with E-state index < -0.39 is 10.7 Å². The molecule has 19 heavy (non-hydrogen) atoms. The van der Waals surface area contributed by atoms with Crippen LogP contribution in [0.2, 0.25) is 0 Å². The summed E-state index contributed by atoms with van der Waals surface area (Å²) in [7, 11) is 0. The number of hydrogen-bond donors (Lipinski definition) is 0. The normalized spacial score (nSPS) is 10.4. The van der Waals surface area contributed by atoms with E-state index in [0.717, 1.165) is 4.68 Å². The van der Waals surface area contributed by atoms with E-state index in [1.165, 1.54) is 30.5 Å². The summed E-state index contributed by atoms with van der Waals surface area (Å²) in [5.41, 5.74) is 0.315. The highest BCUT2D eigenvalue weighted by Gasteiger charge is 2.20. The zero-order valence-corrected chi connectivity index (χ0v) is 11.0. The minimum Gasteiger partial charge on any atom is -0.358 e. The molecular weight excluding hydrogens is 321 g/mol. The quantitative estimate of drug-likeness (QED) is 0.491. The van der Waals surface area contributed by atoms with Gasteiger partial charge in [-0.25, -0.2) is 4.39 Å². The highest BCUT2D eigenvalue weighted by Crippen LogP contribution is 2.22. The maximum Gasteiger partial charge on any atom is 0.404 e. The molecule has 0 saturated carbocycles. The molecule has 0 N–H and O–H groups in total. The predicted octanol–water partition coefficient (Wildman–Crippen LogP) is 2.58. The highest BCUT2D eigenvalue weighted by molar-refractivity contribution is 9.10. The monoisotopic (exact) mass is 327 g/mol. The van der Waals surface area contributed by atoms with E-state index in [1.807, 2.05) is 0 Å². The topological polar surface area (TPSA) is 78.0 Å². The third-order valence-corrected chi connectivity index (χ3v) is 2.90. The molecule has 1 aromatic carbocycles. The molecule has 0 aliphatic carbocycles. The maximum absolute atomic E-state index is 12.7. The molecule has 0 unspecified atom stereocenters. The van der Waals surface area contributed by atoms with Crippen LogP contribution in [0.4, 0.5) is 10.2 Å². The summed E-state index contributed by atoms with van der Waals surface area (Å²) >= 11 is 2.99. The van der Waals surface area contributed by atoms with Crippen molar-refractivity contribution in [1.29, 1.82) is 0 Å². The predicted molar refractivity (Wildman–Crippen MR) is 67.3 cm³/mol. The Balaban J connectivity index is 2.17. The lowest BCUT2D eigenvalue weighted by Gasteiger charge is -1.98. The second-order valence-corrected chi connectivity index (χ2v) is 4.54. The Hall–Kier alpha value is -2.09. The first-order chi connectivity index (χ1) is 8.97. The van der Waals surface area contributed by atoms with Crippen molar-refractivity contribution in [3.8, 4) is 0 Å². The smallest absolute Gasteiger partial charge is 0.358 e. The van der Waals surface area contributed by atoms with E-state index in [4.69, 9.17) is 0 Å². The largest absolute Gasteiger partial charge is 0.404 e. The molecule has 0 saturated heterocycles. The Bertz CT molecular complexity index is 639. The molecule has 0 fully saturated rings. The zero-order valence-electron chi connectivity index (χ0n) is 9.42. The standard InChI is InChI=1S/C11H7BrFN3O3/c12-9-5-15(14-11(9)16(18)19)6-10(17)7-1-3-8(13)4-2-7/h1-5H,6H2. The lowest BCUT2D eigenvalue weighted by molar-refractivity contribution is -0.390. The SMILES string of the molecule is O=C(Cn1cc(Br)c([N+](=O)[O-])n1)c1ccc(F)cc1. The van der Waals surface area contributed by atoms with Gasteiger partial charge in [-0.1, -0.05) is 0 Å². The Morgan fingerprint density at radius 1 is 1.42 bits per heavy atom. The van der Waals surface area contributed by atoms with Crippen LogP contribution in [0.1, 0.15) is 10.4 Å². The minimum atomic E-state index is -0.650. The van der Waals surface area contributed by atoms with Gasteiger partial charge in [-0.15, -0.1) is 0 Å². The molecule has 2 rings (SSSR count). The Kier molecular flexibility index (Phi) is 3.70. The number of hydrogen-bond acceptors (Lipinski definition) is 4. The number of aromatic nitrogens is 2. The Morgan fingerprint density at radius 3 is 2.58 bits per heavy atom. The van der Waals surface area contributed by atoms with Gasteiger partial charge in [0.1, 0.15) is 16.8 Å². The molecular formula is C11H7BrFN3O3. The molecule has 8 heteroatoms. The van der Waals surface area contributed by atoms with E-state index in [-0.39, 0.29) is 22.6 Å². The van der Waals surface area contributed by atoms with Crippen LogP contribution in [-0.4, -0.2) is 20.5 Å². The van der Waals surface area contributed by atoms with Crippen LogP contribution in [0.5, 0.6) is 0 Å². The van der Waals surface area contributed by atoms with Crippen LogP contribution in [0.15, 0.2) is 34.9 Å². The van der Waals surface area contributed by atoms with Gasteiger partial charge in [0, 0.05) is 5.56 Å². The summed E-state index contributed by atoms with van der Waals surface area (Å²) in [4.78, 5) is 21.8. The average molecular weight is 328 g/mol. The molecule has 6 nitrogen and oxygen atoms in total. The van der Waals surface area contributed by atoms with Crippen molar-refractivity contribution in [3.05, 3.63) is 56.4 Å². The fraction of sp³-hybridized carbons (Fsp3) is 0.0909. The van der Waals surface area contributed by atoms with E-state index in [2.05, 4.69) is 21.0 Å². The van der Waals surface area contributed by atoms with Gasteiger partial charge in [0.25, 0.3) is 0 Å². The van der Waals surface area contributed by atoms with Crippen molar-refractivity contribution < 1.29 is 14.1 Å². The van der Waals surface area contributed by atoms with Crippen LogP contribution >= 0.6 is 15.9 Å². The fourth-order valence-corrected chi connectivity index (χ4v) is 1.93. The van der Waals surface area contributed by atoms with Crippen molar-refractivity contribution in [2.75, 3.05) is 0 Å². The van der Waals surface area contributed by atoms with Crippen molar-refractivity contribution in [2.45, 2.75) is 6.54 Å². The molecule has 1 heterocycles. The third kappa shape index (κ3) is 3.02. The van der Waals surface area contributed by atoms with Crippen molar-refractivity contribution in [2.24, 2.45) is 0 Å². The first-order valence-corrected chi connectivity index (χ1v) is 5.93. The summed E-state index contributed by atoms with van der Waals surface area (Å²) in [5, 5.41) is 14.3. The number of halogens is 2. The molecule has 1 aromatic heterocycles. The van der Waals surface area contributed by atoms with Gasteiger partial charge in [-0.05, 0) is 45.1 Å². The summed E-state index contributed by atoms with van der Waals surface area (Å²) in [5.74, 6) is -1.11. The molecule has 0 spiro atoms. The van der Waals surface area contributed by atoms with Gasteiger partial charge < -0.3 is 10.1 Å². The van der Waals surface area contributed by atoms with Gasteiger partial charge in [-0.3, -0.25) is 4.79 Å². The maximum atomic E-state index is 12.7. The van der Waals surface area contributed by atoms with Gasteiger partial charge in [0.15, 0.2) is 5.78 Å². The van der Waals surface area contributed by atoms with Crippen molar-refractivity contribution in [3.63, 3.8) is 0 Å². The molecule has 98 valence electrons. The summed E-state index contributed by atoms with van der Waals surface area (Å²) in [6, 6.07) is 5.05. The Morgan fingerprint density at radius 2 is 2.05 bits per heavy atom. The van der Waals surface area contributed by atoms with Gasteiger partial charge in [-0.2, -0.15) is 4.68 Å². The molecule has 0 amide bonds. The van der Waals surface area contributed by atoms with E-state index in [9.17, 15) is 19.3 Å². The van der Waals surface area contributed by atoms with Crippen LogP contribution in [-0.2, 0) is 6.54 Å². The average Bonchev–Trinajstić information content (AvgIpc) is 2.71. The highest BCUT2D eigenvalue weighted by atomic mass is 79.9. The number of nitro groups is 1. The number of rotatable bonds is 4. The first kappa shape index (κ1) is 13.3. The summed E-state index contributed by atoms with van der Waals surface area (Å²) in [6.45, 7) is -0.155. The number of nitrogens with zero attached hydrogens (tertiary/aromatic N) is 3. The number of carbonyl (C=O) groups is 1. The first-order valence-electron chi connectivity index (χ1n) is 5.13. The molecule has 0 bridgehead atoms. The van der Waals surface area contributed by atoms with Gasteiger partial charge in [0.05, 0.1) is 11.3 Å². The van der Waals surface area contributed by atoms with E-state index >= 15 is 0 Å². The van der Waals surface area contributed by atoms with Crippen LogP contribution in [0.25, 0.3) is 0 Å². The lowest BCUT2D eigenvalue weighted by atomic mass is 10.1. The molecule has 0 aliphatic heterocycles. The molecule has 0 atom stereocenters. The second kappa shape index (κ2) is 5.27. The Labute approximate surface area is 115 Å². The third-order valence-electron chi connectivity index (χ3n) is 2.34. The van der Waals surface area contributed by atoms with Crippen LogP contribution < -0.4 is 0 Å². The minimum absolute atomic E-state index is 0.155. The number of Topliss-reactive ketones (excluding diaryl/α,β-unsaturated/α-hetero) is 1. The van der Waals surface area contributed by atoms with Crippen molar-refractivity contribution >= 4 is 27.5 Å². The number of benzene rings is 1. The number of carbonyl (C=O) groups excluding carboxylic acids is 1. The second-order valence-electron chi connectivity index (χ2n) is 3.69. The van der Waals surface area contributed by atoms with E-state index in [1.54, 1.807) is 0 Å². The number of ketones is 1. The fourth-order valence-electron chi connectivity index (χ4n) is 1.47. The van der Waals surface area contributed by atoms with Crippen molar-refractivity contribution in [1.82, 2.24) is 9.78 Å². The zero-order chi connectivity index (χ0) is 14.0. The molecule has 0 aliphatic rings. The summed E-state index contributed by atoms with van der Waals surface area (Å²) in [6.07, 6.45) is 1.35. The molecule has 0 radical (unpaired) electrons. The summed E-state index contributed by atoms with van der Waals surface area (Å²) < 4.78 is 14.1. The van der Waals surface area contributed by atoms with Gasteiger partial charge >= 0.3 is 5.82 Å². The van der Waals surface area contributed by atoms with Crippen LogP contribution in [0.3, 0.4) is 0 Å². The van der Waals surface area contributed by atoms with Crippen LogP contribution in [0, 0.1) is 15.9 Å². The molecule has 2 aromatic rings. The van der Waals surface area contributed by atoms with E-state index in [0.29, 0.717) is 5.56 Å². The lowest BCUT2D eigenvalue weighted by Crippen LogP contribution is -2.11. The van der Waals surface area contributed by atoms with Gasteiger partial charge in [0.2, 0.25) is 0 Å².